The lowest BCUT2D eigenvalue weighted by atomic mass is 10.2. The highest BCUT2D eigenvalue weighted by Gasteiger charge is 2.47. The van der Waals surface area contributed by atoms with Gasteiger partial charge in [0.25, 0.3) is 0 Å². The number of nitriles is 1. The highest BCUT2D eigenvalue weighted by molar-refractivity contribution is 7.89. The zero-order valence-corrected chi connectivity index (χ0v) is 13.5. The summed E-state index contributed by atoms with van der Waals surface area (Å²) in [5.41, 5.74) is -0.395. The topological polar surface area (TPSA) is 112 Å². The smallest absolute Gasteiger partial charge is 0.244 e. The molecule has 24 heavy (non-hydrogen) atoms. The van der Waals surface area contributed by atoms with E-state index in [4.69, 9.17) is 16.9 Å². The third-order valence-corrected chi connectivity index (χ3v) is 5.82. The molecule has 1 aromatic carbocycles. The Morgan fingerprint density at radius 1 is 1.38 bits per heavy atom. The number of hydrogen-bond acceptors (Lipinski definition) is 5. The monoisotopic (exact) mass is 365 g/mol. The molecule has 1 saturated carbocycles. The molecule has 4 rings (SSSR count). The molecule has 2 heterocycles. The minimum absolute atomic E-state index is 0.140. The van der Waals surface area contributed by atoms with Gasteiger partial charge in [0.15, 0.2) is 0 Å². The summed E-state index contributed by atoms with van der Waals surface area (Å²) >= 11 is 6.01. The van der Waals surface area contributed by atoms with E-state index in [0.29, 0.717) is 34.8 Å². The second-order valence-electron chi connectivity index (χ2n) is 5.64. The molecule has 10 heteroatoms. The van der Waals surface area contributed by atoms with E-state index in [1.54, 1.807) is 0 Å². The molecule has 0 saturated heterocycles. The first-order valence-corrected chi connectivity index (χ1v) is 8.78. The van der Waals surface area contributed by atoms with Crippen LogP contribution >= 0.6 is 11.6 Å². The SMILES string of the molecule is N#CC1(NS(=O)(=O)c2cc3[nH]c4ncnc(Cl)c4c3cc2F)CC1. The lowest BCUT2D eigenvalue weighted by Crippen LogP contribution is -2.36. The lowest BCUT2D eigenvalue weighted by molar-refractivity contribution is 0.550. The van der Waals surface area contributed by atoms with Gasteiger partial charge < -0.3 is 4.98 Å². The van der Waals surface area contributed by atoms with Crippen molar-refractivity contribution in [2.24, 2.45) is 0 Å². The fourth-order valence-corrected chi connectivity index (χ4v) is 4.27. The van der Waals surface area contributed by atoms with Gasteiger partial charge in [-0.25, -0.2) is 22.8 Å². The van der Waals surface area contributed by atoms with E-state index >= 15 is 0 Å². The highest BCUT2D eigenvalue weighted by Crippen LogP contribution is 2.37. The molecule has 0 spiro atoms. The van der Waals surface area contributed by atoms with E-state index in [2.05, 4.69) is 19.7 Å². The van der Waals surface area contributed by atoms with Crippen LogP contribution in [0.25, 0.3) is 21.9 Å². The second kappa shape index (κ2) is 4.86. The van der Waals surface area contributed by atoms with E-state index in [0.717, 1.165) is 6.07 Å². The van der Waals surface area contributed by atoms with Crippen LogP contribution in [0.3, 0.4) is 0 Å². The van der Waals surface area contributed by atoms with Crippen molar-refractivity contribution in [1.29, 1.82) is 5.26 Å². The summed E-state index contributed by atoms with van der Waals surface area (Å²) in [4.78, 5) is 10.2. The summed E-state index contributed by atoms with van der Waals surface area (Å²) in [5.74, 6) is -0.940. The van der Waals surface area contributed by atoms with E-state index in [1.807, 2.05) is 6.07 Å². The van der Waals surface area contributed by atoms with Crippen LogP contribution in [0.2, 0.25) is 5.15 Å². The molecule has 0 amide bonds. The maximum absolute atomic E-state index is 14.5. The molecule has 2 N–H and O–H groups in total. The molecule has 1 aliphatic carbocycles. The molecule has 0 unspecified atom stereocenters. The summed E-state index contributed by atoms with van der Waals surface area (Å²) in [7, 11) is -4.17. The van der Waals surface area contributed by atoms with Crippen LogP contribution in [0.5, 0.6) is 0 Å². The molecule has 1 fully saturated rings. The van der Waals surface area contributed by atoms with Crippen molar-refractivity contribution in [3.63, 3.8) is 0 Å². The number of rotatable bonds is 3. The Labute approximate surface area is 140 Å². The molecule has 0 bridgehead atoms. The van der Waals surface area contributed by atoms with Crippen molar-refractivity contribution in [3.05, 3.63) is 29.4 Å². The first-order valence-electron chi connectivity index (χ1n) is 6.92. The van der Waals surface area contributed by atoms with Crippen molar-refractivity contribution >= 4 is 43.6 Å². The van der Waals surface area contributed by atoms with Gasteiger partial charge in [0, 0.05) is 10.9 Å². The van der Waals surface area contributed by atoms with Crippen LogP contribution in [0, 0.1) is 17.1 Å². The molecular weight excluding hydrogens is 357 g/mol. The third kappa shape index (κ3) is 2.23. The second-order valence-corrected chi connectivity index (χ2v) is 7.65. The normalized spacial score (nSPS) is 16.4. The molecule has 3 aromatic rings. The zero-order chi connectivity index (χ0) is 17.1. The Bertz CT molecular complexity index is 1150. The van der Waals surface area contributed by atoms with E-state index < -0.39 is 26.3 Å². The Morgan fingerprint density at radius 3 is 2.79 bits per heavy atom. The summed E-state index contributed by atoms with van der Waals surface area (Å²) < 4.78 is 41.6. The molecule has 0 aliphatic heterocycles. The van der Waals surface area contributed by atoms with Crippen LogP contribution < -0.4 is 4.72 Å². The number of hydrogen-bond donors (Lipinski definition) is 2. The van der Waals surface area contributed by atoms with Gasteiger partial charge in [-0.2, -0.15) is 9.98 Å². The molecule has 2 aromatic heterocycles. The first-order chi connectivity index (χ1) is 11.4. The number of H-pyrrole nitrogens is 1. The van der Waals surface area contributed by atoms with Gasteiger partial charge in [-0.1, -0.05) is 11.6 Å². The van der Waals surface area contributed by atoms with Crippen LogP contribution in [0.4, 0.5) is 4.39 Å². The minimum Gasteiger partial charge on any atom is -0.339 e. The Morgan fingerprint density at radius 2 is 2.12 bits per heavy atom. The van der Waals surface area contributed by atoms with Crippen molar-refractivity contribution in [3.8, 4) is 6.07 Å². The summed E-state index contributed by atoms with van der Waals surface area (Å²) in [6.45, 7) is 0. The standard InChI is InChI=1S/C14H9ClFN5O2S/c15-12-11-7-3-8(16)10(4-9(7)20-13(11)19-6-18-12)24(22,23)21-14(5-17)1-2-14/h3-4,6,21H,1-2H2,(H,18,19,20). The van der Waals surface area contributed by atoms with Crippen molar-refractivity contribution in [2.45, 2.75) is 23.3 Å². The minimum atomic E-state index is -4.17. The maximum atomic E-state index is 14.5. The third-order valence-electron chi connectivity index (χ3n) is 3.98. The number of aromatic nitrogens is 3. The number of sulfonamides is 1. The Balaban J connectivity index is 1.91. The van der Waals surface area contributed by atoms with Crippen molar-refractivity contribution in [2.75, 3.05) is 0 Å². The first kappa shape index (κ1) is 15.3. The van der Waals surface area contributed by atoms with Crippen LogP contribution in [-0.2, 0) is 10.0 Å². The molecule has 122 valence electrons. The number of halogens is 2. The number of fused-ring (bicyclic) bond motifs is 3. The van der Waals surface area contributed by atoms with Crippen LogP contribution in [0.15, 0.2) is 23.4 Å². The van der Waals surface area contributed by atoms with Crippen molar-refractivity contribution in [1.82, 2.24) is 19.7 Å². The lowest BCUT2D eigenvalue weighted by Gasteiger charge is -2.11. The van der Waals surface area contributed by atoms with E-state index in [1.165, 1.54) is 12.4 Å². The average Bonchev–Trinajstić information content (AvgIpc) is 3.18. The highest BCUT2D eigenvalue weighted by atomic mass is 35.5. The maximum Gasteiger partial charge on any atom is 0.244 e. The summed E-state index contributed by atoms with van der Waals surface area (Å²) in [6.07, 6.45) is 2.06. The fraction of sp³-hybridized carbons (Fsp3) is 0.214. The number of nitrogens with zero attached hydrogens (tertiary/aromatic N) is 3. The molecule has 7 nitrogen and oxygen atoms in total. The van der Waals surface area contributed by atoms with Crippen molar-refractivity contribution < 1.29 is 12.8 Å². The van der Waals surface area contributed by atoms with E-state index in [-0.39, 0.29) is 5.15 Å². The van der Waals surface area contributed by atoms with Gasteiger partial charge in [0.05, 0.1) is 11.5 Å². The largest absolute Gasteiger partial charge is 0.339 e. The van der Waals surface area contributed by atoms with Gasteiger partial charge in [0.2, 0.25) is 10.0 Å². The van der Waals surface area contributed by atoms with Gasteiger partial charge in [-0.15, -0.1) is 0 Å². The predicted molar refractivity (Wildman–Crippen MR) is 84.3 cm³/mol. The van der Waals surface area contributed by atoms with Gasteiger partial charge in [0.1, 0.15) is 33.4 Å². The van der Waals surface area contributed by atoms with Gasteiger partial charge in [-0.05, 0) is 25.0 Å². The predicted octanol–water partition coefficient (Wildman–Crippen LogP) is 2.24. The van der Waals surface area contributed by atoms with E-state index in [9.17, 15) is 12.8 Å². The number of aromatic amines is 1. The number of benzene rings is 1. The Hall–Kier alpha value is -2.28. The number of nitrogens with one attached hydrogen (secondary N) is 2. The average molecular weight is 366 g/mol. The molecule has 0 radical (unpaired) electrons. The summed E-state index contributed by atoms with van der Waals surface area (Å²) in [6, 6.07) is 4.15. The van der Waals surface area contributed by atoms with Crippen LogP contribution in [-0.4, -0.2) is 28.9 Å². The quantitative estimate of drug-likeness (QED) is 0.691. The van der Waals surface area contributed by atoms with Gasteiger partial charge >= 0.3 is 0 Å². The molecule has 1 aliphatic rings. The fourth-order valence-electron chi connectivity index (χ4n) is 2.57. The zero-order valence-electron chi connectivity index (χ0n) is 12.0. The summed E-state index contributed by atoms with van der Waals surface area (Å²) in [5, 5.41) is 9.97. The Kier molecular flexibility index (Phi) is 3.09. The van der Waals surface area contributed by atoms with Gasteiger partial charge in [-0.3, -0.25) is 0 Å². The molecular formula is C14H9ClFN5O2S. The molecule has 0 atom stereocenters. The van der Waals surface area contributed by atoms with Crippen LogP contribution in [0.1, 0.15) is 12.8 Å².